The Morgan fingerprint density at radius 3 is 2.33 bits per heavy atom. The van der Waals surface area contributed by atoms with Crippen molar-refractivity contribution < 1.29 is 18.0 Å². The number of aryl methyl sites for hydroxylation is 1. The van der Waals surface area contributed by atoms with Crippen LogP contribution in [0.1, 0.15) is 11.4 Å². The van der Waals surface area contributed by atoms with Crippen molar-refractivity contribution in [1.82, 2.24) is 9.78 Å². The standard InChI is InChI=1S/C13H13F3N4O/c1-6-12(17)7(2)20(19-6)5-11(21)18-13-9(15)3-8(14)4-10(13)16/h3-4H,5,17H2,1-2H3,(H,18,21). The van der Waals surface area contributed by atoms with E-state index in [1.165, 1.54) is 4.68 Å². The van der Waals surface area contributed by atoms with Gasteiger partial charge in [0.2, 0.25) is 5.91 Å². The van der Waals surface area contributed by atoms with Gasteiger partial charge in [0, 0.05) is 12.1 Å². The van der Waals surface area contributed by atoms with Crippen LogP contribution in [0.4, 0.5) is 24.5 Å². The van der Waals surface area contributed by atoms with Crippen molar-refractivity contribution >= 4 is 17.3 Å². The minimum absolute atomic E-state index is 0.264. The fourth-order valence-electron chi connectivity index (χ4n) is 1.84. The van der Waals surface area contributed by atoms with Crippen molar-refractivity contribution in [3.8, 4) is 0 Å². The Balaban J connectivity index is 2.17. The summed E-state index contributed by atoms with van der Waals surface area (Å²) in [7, 11) is 0. The molecule has 21 heavy (non-hydrogen) atoms. The van der Waals surface area contributed by atoms with E-state index in [0.717, 1.165) is 0 Å². The number of nitrogens with one attached hydrogen (secondary N) is 1. The van der Waals surface area contributed by atoms with Crippen molar-refractivity contribution in [2.75, 3.05) is 11.1 Å². The van der Waals surface area contributed by atoms with Gasteiger partial charge in [0.05, 0.1) is 17.1 Å². The fraction of sp³-hybridized carbons (Fsp3) is 0.231. The van der Waals surface area contributed by atoms with Crippen LogP contribution in [0.5, 0.6) is 0 Å². The molecule has 1 aromatic carbocycles. The second kappa shape index (κ2) is 5.47. The molecule has 3 N–H and O–H groups in total. The highest BCUT2D eigenvalue weighted by Crippen LogP contribution is 2.20. The number of halogens is 3. The number of nitrogens with zero attached hydrogens (tertiary/aromatic N) is 2. The Bertz CT molecular complexity index is 689. The van der Waals surface area contributed by atoms with Gasteiger partial charge >= 0.3 is 0 Å². The van der Waals surface area contributed by atoms with Crippen LogP contribution in [0.3, 0.4) is 0 Å². The van der Waals surface area contributed by atoms with Crippen molar-refractivity contribution in [1.29, 1.82) is 0 Å². The first-order valence-corrected chi connectivity index (χ1v) is 6.03. The molecule has 112 valence electrons. The first-order valence-electron chi connectivity index (χ1n) is 6.03. The van der Waals surface area contributed by atoms with E-state index in [1.54, 1.807) is 13.8 Å². The quantitative estimate of drug-likeness (QED) is 0.911. The zero-order chi connectivity index (χ0) is 15.7. The van der Waals surface area contributed by atoms with Gasteiger partial charge in [0.15, 0.2) is 11.6 Å². The molecule has 2 aromatic rings. The maximum Gasteiger partial charge on any atom is 0.246 e. The normalized spacial score (nSPS) is 10.7. The molecule has 5 nitrogen and oxygen atoms in total. The molecule has 1 heterocycles. The fourth-order valence-corrected chi connectivity index (χ4v) is 1.84. The van der Waals surface area contributed by atoms with Crippen molar-refractivity contribution in [2.45, 2.75) is 20.4 Å². The molecule has 0 saturated heterocycles. The molecule has 0 unspecified atom stereocenters. The molecule has 8 heteroatoms. The largest absolute Gasteiger partial charge is 0.396 e. The molecular formula is C13H13F3N4O. The summed E-state index contributed by atoms with van der Waals surface area (Å²) in [6, 6.07) is 0.972. The summed E-state index contributed by atoms with van der Waals surface area (Å²) in [6.07, 6.45) is 0. The third kappa shape index (κ3) is 2.99. The van der Waals surface area contributed by atoms with Crippen LogP contribution in [0.25, 0.3) is 0 Å². The number of hydrogen-bond donors (Lipinski definition) is 2. The number of aromatic nitrogens is 2. The van der Waals surface area contributed by atoms with Gasteiger partial charge in [0.25, 0.3) is 0 Å². The van der Waals surface area contributed by atoms with E-state index in [0.29, 0.717) is 29.2 Å². The van der Waals surface area contributed by atoms with Gasteiger partial charge < -0.3 is 11.1 Å². The first-order chi connectivity index (χ1) is 9.79. The van der Waals surface area contributed by atoms with E-state index in [-0.39, 0.29) is 6.54 Å². The number of benzene rings is 1. The van der Waals surface area contributed by atoms with E-state index in [2.05, 4.69) is 10.4 Å². The summed E-state index contributed by atoms with van der Waals surface area (Å²) in [5, 5.41) is 6.09. The van der Waals surface area contributed by atoms with Crippen molar-refractivity contribution in [2.24, 2.45) is 0 Å². The molecular weight excluding hydrogens is 285 g/mol. The molecule has 0 aliphatic carbocycles. The molecule has 1 aromatic heterocycles. The highest BCUT2D eigenvalue weighted by atomic mass is 19.1. The number of carbonyl (C=O) groups excluding carboxylic acids is 1. The number of amides is 1. The average Bonchev–Trinajstić information content (AvgIpc) is 2.61. The number of hydrogen-bond acceptors (Lipinski definition) is 3. The number of rotatable bonds is 3. The van der Waals surface area contributed by atoms with Crippen LogP contribution < -0.4 is 11.1 Å². The lowest BCUT2D eigenvalue weighted by atomic mass is 10.2. The molecule has 0 atom stereocenters. The number of nitrogens with two attached hydrogens (primary N) is 1. The van der Waals surface area contributed by atoms with E-state index >= 15 is 0 Å². The second-order valence-electron chi connectivity index (χ2n) is 4.53. The van der Waals surface area contributed by atoms with E-state index in [9.17, 15) is 18.0 Å². The zero-order valence-electron chi connectivity index (χ0n) is 11.4. The molecule has 0 fully saturated rings. The maximum atomic E-state index is 13.4. The summed E-state index contributed by atoms with van der Waals surface area (Å²) in [6.45, 7) is 3.08. The van der Waals surface area contributed by atoms with Gasteiger partial charge in [-0.15, -0.1) is 0 Å². The van der Waals surface area contributed by atoms with Crippen LogP contribution in [0, 0.1) is 31.3 Å². The van der Waals surface area contributed by atoms with E-state index in [4.69, 9.17) is 5.73 Å². The minimum Gasteiger partial charge on any atom is -0.396 e. The smallest absolute Gasteiger partial charge is 0.246 e. The van der Waals surface area contributed by atoms with Crippen LogP contribution in [0.15, 0.2) is 12.1 Å². The van der Waals surface area contributed by atoms with Crippen LogP contribution >= 0.6 is 0 Å². The predicted molar refractivity (Wildman–Crippen MR) is 71.1 cm³/mol. The summed E-state index contributed by atoms with van der Waals surface area (Å²) in [5.74, 6) is -4.14. The van der Waals surface area contributed by atoms with E-state index in [1.807, 2.05) is 0 Å². The Kier molecular flexibility index (Phi) is 3.88. The average molecular weight is 298 g/mol. The number of nitrogen functional groups attached to an aromatic ring is 1. The van der Waals surface area contributed by atoms with Gasteiger partial charge in [-0.05, 0) is 13.8 Å². The molecule has 0 aliphatic rings. The highest BCUT2D eigenvalue weighted by molar-refractivity contribution is 5.90. The predicted octanol–water partition coefficient (Wildman–Crippen LogP) is 2.14. The molecule has 2 rings (SSSR count). The van der Waals surface area contributed by atoms with Crippen LogP contribution in [-0.2, 0) is 11.3 Å². The third-order valence-electron chi connectivity index (χ3n) is 3.00. The lowest BCUT2D eigenvalue weighted by molar-refractivity contribution is -0.117. The Morgan fingerprint density at radius 1 is 1.29 bits per heavy atom. The Hall–Kier alpha value is -2.51. The zero-order valence-corrected chi connectivity index (χ0v) is 11.4. The summed E-state index contributed by atoms with van der Waals surface area (Å²) in [4.78, 5) is 11.8. The van der Waals surface area contributed by atoms with Crippen molar-refractivity contribution in [3.63, 3.8) is 0 Å². The third-order valence-corrected chi connectivity index (χ3v) is 3.00. The lowest BCUT2D eigenvalue weighted by Crippen LogP contribution is -2.21. The van der Waals surface area contributed by atoms with Gasteiger partial charge in [0.1, 0.15) is 18.0 Å². The summed E-state index contributed by atoms with van der Waals surface area (Å²) < 4.78 is 40.9. The summed E-state index contributed by atoms with van der Waals surface area (Å²) >= 11 is 0. The van der Waals surface area contributed by atoms with Gasteiger partial charge in [-0.2, -0.15) is 5.10 Å². The highest BCUT2D eigenvalue weighted by Gasteiger charge is 2.16. The number of anilines is 2. The van der Waals surface area contributed by atoms with Crippen LogP contribution in [0.2, 0.25) is 0 Å². The Labute approximate surface area is 118 Å². The molecule has 0 spiro atoms. The van der Waals surface area contributed by atoms with Crippen LogP contribution in [-0.4, -0.2) is 15.7 Å². The monoisotopic (exact) mass is 298 g/mol. The minimum atomic E-state index is -1.19. The maximum absolute atomic E-state index is 13.4. The van der Waals surface area contributed by atoms with E-state index < -0.39 is 29.0 Å². The van der Waals surface area contributed by atoms with Gasteiger partial charge in [-0.25, -0.2) is 13.2 Å². The second-order valence-corrected chi connectivity index (χ2v) is 4.53. The summed E-state index contributed by atoms with van der Waals surface area (Å²) in [5.41, 5.74) is 6.59. The Morgan fingerprint density at radius 2 is 1.86 bits per heavy atom. The number of carbonyl (C=O) groups is 1. The molecule has 0 bridgehead atoms. The van der Waals surface area contributed by atoms with Gasteiger partial charge in [-0.1, -0.05) is 0 Å². The molecule has 0 saturated carbocycles. The van der Waals surface area contributed by atoms with Gasteiger partial charge in [-0.3, -0.25) is 9.48 Å². The lowest BCUT2D eigenvalue weighted by Gasteiger charge is -2.09. The first kappa shape index (κ1) is 14.9. The SMILES string of the molecule is Cc1nn(CC(=O)Nc2c(F)cc(F)cc2F)c(C)c1N. The van der Waals surface area contributed by atoms with Crippen molar-refractivity contribution in [3.05, 3.63) is 41.0 Å². The molecule has 1 amide bonds. The molecule has 0 radical (unpaired) electrons. The topological polar surface area (TPSA) is 72.9 Å². The molecule has 0 aliphatic heterocycles.